The summed E-state index contributed by atoms with van der Waals surface area (Å²) in [5.41, 5.74) is 0.286. The SMILES string of the molecule is CN(C)c1cc(C(=O)N[C@H](CO)C(=O)O)ccn1. The van der Waals surface area contributed by atoms with Gasteiger partial charge < -0.3 is 20.4 Å². The van der Waals surface area contributed by atoms with E-state index in [0.29, 0.717) is 5.82 Å². The molecule has 3 N–H and O–H groups in total. The van der Waals surface area contributed by atoms with Crippen molar-refractivity contribution in [2.45, 2.75) is 6.04 Å². The van der Waals surface area contributed by atoms with Gasteiger partial charge in [0.05, 0.1) is 6.61 Å². The van der Waals surface area contributed by atoms with E-state index in [9.17, 15) is 9.59 Å². The minimum atomic E-state index is -1.31. The fourth-order valence-corrected chi connectivity index (χ4v) is 1.23. The van der Waals surface area contributed by atoms with Gasteiger partial charge in [0.1, 0.15) is 5.82 Å². The number of carboxylic acids is 1. The number of carboxylic acid groups (broad SMARTS) is 1. The van der Waals surface area contributed by atoms with E-state index in [4.69, 9.17) is 10.2 Å². The van der Waals surface area contributed by atoms with Crippen molar-refractivity contribution in [2.75, 3.05) is 25.6 Å². The molecule has 7 nitrogen and oxygen atoms in total. The number of rotatable bonds is 5. The molecular weight excluding hydrogens is 238 g/mol. The van der Waals surface area contributed by atoms with Crippen LogP contribution in [-0.4, -0.2) is 53.8 Å². The standard InChI is InChI=1S/C11H15N3O4/c1-14(2)9-5-7(3-4-12-9)10(16)13-8(6-15)11(17)18/h3-5,8,15H,6H2,1-2H3,(H,13,16)(H,17,18)/t8-/m1/s1. The van der Waals surface area contributed by atoms with Gasteiger partial charge in [0, 0.05) is 25.9 Å². The molecule has 1 aromatic rings. The second kappa shape index (κ2) is 5.97. The fraction of sp³-hybridized carbons (Fsp3) is 0.364. The van der Waals surface area contributed by atoms with Gasteiger partial charge in [-0.25, -0.2) is 9.78 Å². The molecule has 0 radical (unpaired) electrons. The number of hydrogen-bond acceptors (Lipinski definition) is 5. The van der Waals surface area contributed by atoms with Gasteiger partial charge in [0.25, 0.3) is 5.91 Å². The van der Waals surface area contributed by atoms with Crippen molar-refractivity contribution in [2.24, 2.45) is 0 Å². The number of aliphatic hydroxyl groups excluding tert-OH is 1. The monoisotopic (exact) mass is 253 g/mol. The predicted molar refractivity (Wildman–Crippen MR) is 64.5 cm³/mol. The van der Waals surface area contributed by atoms with Crippen LogP contribution in [0.5, 0.6) is 0 Å². The van der Waals surface area contributed by atoms with Crippen LogP contribution in [0.4, 0.5) is 5.82 Å². The molecule has 0 aliphatic carbocycles. The van der Waals surface area contributed by atoms with Gasteiger partial charge in [0.2, 0.25) is 0 Å². The molecule has 0 saturated heterocycles. The summed E-state index contributed by atoms with van der Waals surface area (Å²) in [7, 11) is 3.55. The molecule has 1 rings (SSSR count). The first-order chi connectivity index (χ1) is 8.45. The van der Waals surface area contributed by atoms with Gasteiger partial charge in [-0.2, -0.15) is 0 Å². The molecule has 1 heterocycles. The molecule has 1 amide bonds. The van der Waals surface area contributed by atoms with Gasteiger partial charge in [-0.15, -0.1) is 0 Å². The van der Waals surface area contributed by atoms with Crippen LogP contribution in [0.25, 0.3) is 0 Å². The predicted octanol–water partition coefficient (Wildman–Crippen LogP) is -0.677. The Morgan fingerprint density at radius 3 is 2.67 bits per heavy atom. The fourth-order valence-electron chi connectivity index (χ4n) is 1.23. The number of pyridine rings is 1. The van der Waals surface area contributed by atoms with Crippen LogP contribution in [0.3, 0.4) is 0 Å². The molecule has 0 bridgehead atoms. The number of amides is 1. The van der Waals surface area contributed by atoms with Crippen molar-refractivity contribution in [3.05, 3.63) is 23.9 Å². The summed E-state index contributed by atoms with van der Waals surface area (Å²) in [6.07, 6.45) is 1.46. The van der Waals surface area contributed by atoms with E-state index in [1.807, 2.05) is 0 Å². The maximum absolute atomic E-state index is 11.8. The number of aromatic nitrogens is 1. The van der Waals surface area contributed by atoms with Crippen molar-refractivity contribution < 1.29 is 19.8 Å². The number of aliphatic hydroxyl groups is 1. The first-order valence-electron chi connectivity index (χ1n) is 5.23. The lowest BCUT2D eigenvalue weighted by atomic mass is 10.2. The van der Waals surface area contributed by atoms with Gasteiger partial charge in [-0.05, 0) is 12.1 Å². The Labute approximate surface area is 104 Å². The average Bonchev–Trinajstić information content (AvgIpc) is 2.35. The topological polar surface area (TPSA) is 103 Å². The third kappa shape index (κ3) is 3.42. The highest BCUT2D eigenvalue weighted by Crippen LogP contribution is 2.09. The summed E-state index contributed by atoms with van der Waals surface area (Å²) in [5, 5.41) is 19.7. The zero-order valence-electron chi connectivity index (χ0n) is 10.1. The molecule has 18 heavy (non-hydrogen) atoms. The van der Waals surface area contributed by atoms with Gasteiger partial charge in [-0.3, -0.25) is 4.79 Å². The molecule has 0 aliphatic heterocycles. The largest absolute Gasteiger partial charge is 0.480 e. The van der Waals surface area contributed by atoms with Crippen LogP contribution < -0.4 is 10.2 Å². The van der Waals surface area contributed by atoms with Crippen molar-refractivity contribution in [3.63, 3.8) is 0 Å². The molecule has 0 aromatic carbocycles. The highest BCUT2D eigenvalue weighted by Gasteiger charge is 2.19. The third-order valence-electron chi connectivity index (χ3n) is 2.25. The lowest BCUT2D eigenvalue weighted by Gasteiger charge is -2.14. The first-order valence-corrected chi connectivity index (χ1v) is 5.23. The third-order valence-corrected chi connectivity index (χ3v) is 2.25. The normalized spacial score (nSPS) is 11.7. The Bertz CT molecular complexity index is 448. The van der Waals surface area contributed by atoms with E-state index in [-0.39, 0.29) is 5.56 Å². The van der Waals surface area contributed by atoms with Crippen LogP contribution in [-0.2, 0) is 4.79 Å². The smallest absolute Gasteiger partial charge is 0.328 e. The summed E-state index contributed by atoms with van der Waals surface area (Å²) in [4.78, 5) is 28.2. The van der Waals surface area contributed by atoms with E-state index in [1.165, 1.54) is 18.3 Å². The molecule has 0 unspecified atom stereocenters. The number of hydrogen-bond donors (Lipinski definition) is 3. The van der Waals surface area contributed by atoms with Crippen molar-refractivity contribution in [3.8, 4) is 0 Å². The number of anilines is 1. The maximum Gasteiger partial charge on any atom is 0.328 e. The van der Waals surface area contributed by atoms with E-state index < -0.39 is 24.5 Å². The molecule has 0 fully saturated rings. The quantitative estimate of drug-likeness (QED) is 0.642. The molecule has 7 heteroatoms. The molecule has 98 valence electrons. The molecule has 1 aromatic heterocycles. The van der Waals surface area contributed by atoms with Gasteiger partial charge in [0.15, 0.2) is 6.04 Å². The van der Waals surface area contributed by atoms with Gasteiger partial charge in [-0.1, -0.05) is 0 Å². The summed E-state index contributed by atoms with van der Waals surface area (Å²) in [5.74, 6) is -1.27. The van der Waals surface area contributed by atoms with E-state index >= 15 is 0 Å². The molecular formula is C11H15N3O4. The lowest BCUT2D eigenvalue weighted by Crippen LogP contribution is -2.43. The molecule has 0 aliphatic rings. The van der Waals surface area contributed by atoms with Crippen molar-refractivity contribution >= 4 is 17.7 Å². The number of aliphatic carboxylic acids is 1. The number of nitrogens with one attached hydrogen (secondary N) is 1. The van der Waals surface area contributed by atoms with Crippen molar-refractivity contribution in [1.29, 1.82) is 0 Å². The zero-order valence-corrected chi connectivity index (χ0v) is 10.1. The van der Waals surface area contributed by atoms with Crippen LogP contribution in [0.2, 0.25) is 0 Å². The Morgan fingerprint density at radius 1 is 1.50 bits per heavy atom. The summed E-state index contributed by atoms with van der Waals surface area (Å²) in [6.45, 7) is -0.660. The van der Waals surface area contributed by atoms with Crippen molar-refractivity contribution in [1.82, 2.24) is 10.3 Å². The van der Waals surface area contributed by atoms with Gasteiger partial charge >= 0.3 is 5.97 Å². The maximum atomic E-state index is 11.8. The summed E-state index contributed by atoms with van der Waals surface area (Å²) < 4.78 is 0. The Hall–Kier alpha value is -2.15. The van der Waals surface area contributed by atoms with Crippen LogP contribution in [0.1, 0.15) is 10.4 Å². The average molecular weight is 253 g/mol. The summed E-state index contributed by atoms with van der Waals surface area (Å²) in [6, 6.07) is 1.69. The van der Waals surface area contributed by atoms with Crippen LogP contribution >= 0.6 is 0 Å². The Morgan fingerprint density at radius 2 is 2.17 bits per heavy atom. The van der Waals surface area contributed by atoms with Crippen LogP contribution in [0.15, 0.2) is 18.3 Å². The van der Waals surface area contributed by atoms with E-state index in [2.05, 4.69) is 10.3 Å². The Balaban J connectivity index is 2.84. The number of carbonyl (C=O) groups excluding carboxylic acids is 1. The molecule has 0 spiro atoms. The minimum absolute atomic E-state index is 0.286. The lowest BCUT2D eigenvalue weighted by molar-refractivity contribution is -0.140. The zero-order chi connectivity index (χ0) is 13.7. The first kappa shape index (κ1) is 13.9. The number of nitrogens with zero attached hydrogens (tertiary/aromatic N) is 2. The number of carbonyl (C=O) groups is 2. The highest BCUT2D eigenvalue weighted by atomic mass is 16.4. The van der Waals surface area contributed by atoms with E-state index in [0.717, 1.165) is 0 Å². The molecule has 0 saturated carbocycles. The Kier molecular flexibility index (Phi) is 4.61. The molecule has 1 atom stereocenters. The second-order valence-electron chi connectivity index (χ2n) is 3.84. The van der Waals surface area contributed by atoms with Crippen LogP contribution in [0, 0.1) is 0 Å². The highest BCUT2D eigenvalue weighted by molar-refractivity contribution is 5.97. The van der Waals surface area contributed by atoms with E-state index in [1.54, 1.807) is 19.0 Å². The minimum Gasteiger partial charge on any atom is -0.480 e. The second-order valence-corrected chi connectivity index (χ2v) is 3.84. The summed E-state index contributed by atoms with van der Waals surface area (Å²) >= 11 is 0.